The molecule has 0 saturated carbocycles. The minimum absolute atomic E-state index is 0.0701. The quantitative estimate of drug-likeness (QED) is 0.860. The van der Waals surface area contributed by atoms with Gasteiger partial charge in [0.05, 0.1) is 12.2 Å². The average Bonchev–Trinajstić information content (AvgIpc) is 2.62. The van der Waals surface area contributed by atoms with Gasteiger partial charge in [-0.1, -0.05) is 12.2 Å². The standard InChI is InChI=1S/C12H17N3O4S/c1-8(2)13-20(18,19)15-6-4-5-9-10(15)7-14(3)11(9)12(16)17/h4-5,7-8,13H,6H2,1-3H3,(H,16,17). The van der Waals surface area contributed by atoms with Crippen LogP contribution in [0.1, 0.15) is 29.9 Å². The van der Waals surface area contributed by atoms with Crippen molar-refractivity contribution in [1.82, 2.24) is 9.29 Å². The van der Waals surface area contributed by atoms with E-state index in [4.69, 9.17) is 0 Å². The van der Waals surface area contributed by atoms with E-state index < -0.39 is 16.2 Å². The van der Waals surface area contributed by atoms with Crippen LogP contribution in [-0.2, 0) is 17.3 Å². The van der Waals surface area contributed by atoms with E-state index in [0.717, 1.165) is 0 Å². The van der Waals surface area contributed by atoms with E-state index in [1.807, 2.05) is 0 Å². The van der Waals surface area contributed by atoms with E-state index in [1.54, 1.807) is 33.0 Å². The highest BCUT2D eigenvalue weighted by Gasteiger charge is 2.30. The minimum Gasteiger partial charge on any atom is -0.477 e. The van der Waals surface area contributed by atoms with Gasteiger partial charge in [-0.3, -0.25) is 4.31 Å². The number of aromatic carboxylic acids is 1. The molecule has 2 rings (SSSR count). The number of hydrogen-bond donors (Lipinski definition) is 2. The molecule has 0 fully saturated rings. The number of carboxylic acids is 1. The topological polar surface area (TPSA) is 91.6 Å². The first-order chi connectivity index (χ1) is 9.24. The van der Waals surface area contributed by atoms with E-state index in [-0.39, 0.29) is 18.3 Å². The van der Waals surface area contributed by atoms with Crippen molar-refractivity contribution in [3.05, 3.63) is 23.5 Å². The summed E-state index contributed by atoms with van der Waals surface area (Å²) in [7, 11) is -2.12. The molecule has 0 unspecified atom stereocenters. The maximum absolute atomic E-state index is 12.3. The molecule has 110 valence electrons. The Labute approximate surface area is 117 Å². The second-order valence-corrected chi connectivity index (χ2v) is 6.53. The first-order valence-corrected chi connectivity index (χ1v) is 7.57. The first-order valence-electron chi connectivity index (χ1n) is 6.13. The number of fused-ring (bicyclic) bond motifs is 1. The van der Waals surface area contributed by atoms with Gasteiger partial charge in [0, 0.05) is 24.8 Å². The highest BCUT2D eigenvalue weighted by molar-refractivity contribution is 7.90. The van der Waals surface area contributed by atoms with E-state index in [9.17, 15) is 18.3 Å². The highest BCUT2D eigenvalue weighted by Crippen LogP contribution is 2.32. The Morgan fingerprint density at radius 3 is 2.65 bits per heavy atom. The molecule has 7 nitrogen and oxygen atoms in total. The summed E-state index contributed by atoms with van der Waals surface area (Å²) in [5.41, 5.74) is 0.849. The van der Waals surface area contributed by atoms with Gasteiger partial charge in [0.15, 0.2) is 0 Å². The number of aromatic nitrogens is 1. The number of rotatable bonds is 4. The Kier molecular flexibility index (Phi) is 3.61. The van der Waals surface area contributed by atoms with Gasteiger partial charge in [0.2, 0.25) is 0 Å². The van der Waals surface area contributed by atoms with Crippen LogP contribution in [0.2, 0.25) is 0 Å². The van der Waals surface area contributed by atoms with Crippen molar-refractivity contribution in [2.75, 3.05) is 10.8 Å². The summed E-state index contributed by atoms with van der Waals surface area (Å²) in [6, 6.07) is -0.239. The van der Waals surface area contributed by atoms with Crippen molar-refractivity contribution in [2.24, 2.45) is 7.05 Å². The molecule has 0 bridgehead atoms. The number of anilines is 1. The Morgan fingerprint density at radius 2 is 2.10 bits per heavy atom. The molecule has 0 spiro atoms. The zero-order valence-electron chi connectivity index (χ0n) is 11.5. The molecule has 1 aliphatic heterocycles. The van der Waals surface area contributed by atoms with Crippen molar-refractivity contribution in [3.8, 4) is 0 Å². The van der Waals surface area contributed by atoms with Gasteiger partial charge in [-0.05, 0) is 13.8 Å². The number of aryl methyl sites for hydroxylation is 1. The van der Waals surface area contributed by atoms with Gasteiger partial charge < -0.3 is 9.67 Å². The molecule has 0 atom stereocenters. The predicted molar refractivity (Wildman–Crippen MR) is 75.9 cm³/mol. The summed E-state index contributed by atoms with van der Waals surface area (Å²) in [6.07, 6.45) is 4.79. The van der Waals surface area contributed by atoms with Crippen LogP contribution in [0.4, 0.5) is 5.69 Å². The Hall–Kier alpha value is -1.80. The lowest BCUT2D eigenvalue weighted by Gasteiger charge is -2.26. The Bertz CT molecular complexity index is 673. The van der Waals surface area contributed by atoms with Gasteiger partial charge in [-0.15, -0.1) is 0 Å². The lowest BCUT2D eigenvalue weighted by Crippen LogP contribution is -2.44. The summed E-state index contributed by atoms with van der Waals surface area (Å²) in [6.45, 7) is 3.63. The third-order valence-electron chi connectivity index (χ3n) is 2.90. The molecule has 0 radical (unpaired) electrons. The summed E-state index contributed by atoms with van der Waals surface area (Å²) >= 11 is 0. The molecule has 1 aromatic heterocycles. The van der Waals surface area contributed by atoms with Crippen LogP contribution < -0.4 is 9.03 Å². The van der Waals surface area contributed by atoms with Crippen LogP contribution in [0, 0.1) is 0 Å². The molecule has 1 aliphatic rings. The van der Waals surface area contributed by atoms with E-state index in [0.29, 0.717) is 11.3 Å². The fourth-order valence-corrected chi connectivity index (χ4v) is 3.62. The number of carboxylic acid groups (broad SMARTS) is 1. The monoisotopic (exact) mass is 299 g/mol. The van der Waals surface area contributed by atoms with E-state index >= 15 is 0 Å². The predicted octanol–water partition coefficient (Wildman–Crippen LogP) is 0.799. The molecule has 0 amide bonds. The summed E-state index contributed by atoms with van der Waals surface area (Å²) in [5.74, 6) is -1.09. The van der Waals surface area contributed by atoms with Gasteiger partial charge in [-0.2, -0.15) is 13.1 Å². The Morgan fingerprint density at radius 1 is 1.45 bits per heavy atom. The molecule has 8 heteroatoms. The second-order valence-electron chi connectivity index (χ2n) is 4.90. The van der Waals surface area contributed by atoms with Crippen molar-refractivity contribution in [2.45, 2.75) is 19.9 Å². The smallest absolute Gasteiger partial charge is 0.353 e. The SMILES string of the molecule is CC(C)NS(=O)(=O)N1CC=Cc2c1cn(C)c2C(=O)O. The van der Waals surface area contributed by atoms with Crippen LogP contribution in [0.15, 0.2) is 12.3 Å². The van der Waals surface area contributed by atoms with Crippen LogP contribution in [0.5, 0.6) is 0 Å². The van der Waals surface area contributed by atoms with Gasteiger partial charge >= 0.3 is 16.2 Å². The summed E-state index contributed by atoms with van der Waals surface area (Å²) in [4.78, 5) is 11.3. The zero-order valence-corrected chi connectivity index (χ0v) is 12.3. The lowest BCUT2D eigenvalue weighted by atomic mass is 10.1. The fraction of sp³-hybridized carbons (Fsp3) is 0.417. The molecule has 2 N–H and O–H groups in total. The molecular weight excluding hydrogens is 282 g/mol. The number of carbonyl (C=O) groups is 1. The van der Waals surface area contributed by atoms with Crippen molar-refractivity contribution < 1.29 is 18.3 Å². The Balaban J connectivity index is 2.52. The summed E-state index contributed by atoms with van der Waals surface area (Å²) in [5, 5.41) is 9.21. The molecule has 1 aromatic rings. The average molecular weight is 299 g/mol. The molecule has 0 aliphatic carbocycles. The van der Waals surface area contributed by atoms with Gasteiger partial charge in [-0.25, -0.2) is 4.79 Å². The molecular formula is C12H17N3O4S. The van der Waals surface area contributed by atoms with Crippen LogP contribution in [0.3, 0.4) is 0 Å². The highest BCUT2D eigenvalue weighted by atomic mass is 32.2. The second kappa shape index (κ2) is 4.95. The fourth-order valence-electron chi connectivity index (χ4n) is 2.21. The molecule has 0 aromatic carbocycles. The van der Waals surface area contributed by atoms with Gasteiger partial charge in [0.1, 0.15) is 5.69 Å². The summed E-state index contributed by atoms with van der Waals surface area (Å²) < 4.78 is 29.6. The maximum Gasteiger partial charge on any atom is 0.353 e. The van der Waals surface area contributed by atoms with Crippen LogP contribution in [-0.4, -0.2) is 36.6 Å². The van der Waals surface area contributed by atoms with Crippen molar-refractivity contribution in [1.29, 1.82) is 0 Å². The normalized spacial score (nSPS) is 14.7. The van der Waals surface area contributed by atoms with Gasteiger partial charge in [0.25, 0.3) is 0 Å². The maximum atomic E-state index is 12.3. The molecule has 20 heavy (non-hydrogen) atoms. The zero-order chi connectivity index (χ0) is 15.1. The minimum atomic E-state index is -3.70. The lowest BCUT2D eigenvalue weighted by molar-refractivity contribution is 0.0686. The van der Waals surface area contributed by atoms with Crippen LogP contribution in [0.25, 0.3) is 6.08 Å². The largest absolute Gasteiger partial charge is 0.477 e. The number of nitrogens with zero attached hydrogens (tertiary/aromatic N) is 2. The third-order valence-corrected chi connectivity index (χ3v) is 4.60. The first kappa shape index (κ1) is 14.6. The van der Waals surface area contributed by atoms with Crippen molar-refractivity contribution in [3.63, 3.8) is 0 Å². The molecule has 0 saturated heterocycles. The number of hydrogen-bond acceptors (Lipinski definition) is 3. The van der Waals surface area contributed by atoms with Crippen LogP contribution >= 0.6 is 0 Å². The molecule has 2 heterocycles. The van der Waals surface area contributed by atoms with Crippen molar-refractivity contribution >= 4 is 27.9 Å². The van der Waals surface area contributed by atoms with E-state index in [2.05, 4.69) is 4.72 Å². The third kappa shape index (κ3) is 2.44. The van der Waals surface area contributed by atoms with E-state index in [1.165, 1.54) is 15.1 Å². The number of nitrogens with one attached hydrogen (secondary N) is 1.